The number of aromatic carboxylic acids is 1. The summed E-state index contributed by atoms with van der Waals surface area (Å²) in [5, 5.41) is 9.59. The Kier molecular flexibility index (Phi) is 2.80. The van der Waals surface area contributed by atoms with Gasteiger partial charge in [0.15, 0.2) is 11.0 Å². The van der Waals surface area contributed by atoms with Crippen LogP contribution in [0.3, 0.4) is 0 Å². The van der Waals surface area contributed by atoms with E-state index < -0.39 is 5.97 Å². The highest BCUT2D eigenvalue weighted by atomic mass is 35.5. The van der Waals surface area contributed by atoms with Crippen LogP contribution in [0.2, 0.25) is 5.15 Å². The molecule has 19 heavy (non-hydrogen) atoms. The Bertz CT molecular complexity index is 791. The number of aromatic nitrogens is 2. The Morgan fingerprint density at radius 3 is 2.79 bits per heavy atom. The summed E-state index contributed by atoms with van der Waals surface area (Å²) in [4.78, 5) is 17.6. The molecular weight excluding hydrogens is 284 g/mol. The van der Waals surface area contributed by atoms with Crippen LogP contribution in [-0.4, -0.2) is 20.5 Å². The van der Waals surface area contributed by atoms with E-state index in [9.17, 15) is 9.90 Å². The van der Waals surface area contributed by atoms with Crippen molar-refractivity contribution in [2.45, 2.75) is 6.92 Å². The number of hydrogen-bond donors (Lipinski definition) is 1. The van der Waals surface area contributed by atoms with E-state index in [0.717, 1.165) is 9.75 Å². The van der Waals surface area contributed by atoms with E-state index >= 15 is 0 Å². The Morgan fingerprint density at radius 1 is 1.37 bits per heavy atom. The molecule has 6 heteroatoms. The quantitative estimate of drug-likeness (QED) is 0.783. The topological polar surface area (TPSA) is 54.6 Å². The lowest BCUT2D eigenvalue weighted by Gasteiger charge is -2.03. The van der Waals surface area contributed by atoms with E-state index in [2.05, 4.69) is 4.98 Å². The third kappa shape index (κ3) is 1.91. The molecule has 3 aromatic rings. The van der Waals surface area contributed by atoms with Crippen LogP contribution in [0, 0.1) is 6.92 Å². The molecule has 1 N–H and O–H groups in total. The second kappa shape index (κ2) is 4.36. The van der Waals surface area contributed by atoms with Crippen molar-refractivity contribution in [3.05, 3.63) is 46.1 Å². The maximum absolute atomic E-state index is 11.3. The fourth-order valence-electron chi connectivity index (χ4n) is 1.99. The van der Waals surface area contributed by atoms with Crippen molar-refractivity contribution in [2.75, 3.05) is 0 Å². The number of pyridine rings is 1. The first-order chi connectivity index (χ1) is 9.08. The number of fused-ring (bicyclic) bond motifs is 1. The van der Waals surface area contributed by atoms with Crippen LogP contribution in [-0.2, 0) is 0 Å². The Labute approximate surface area is 117 Å². The molecule has 0 saturated heterocycles. The van der Waals surface area contributed by atoms with E-state index in [1.165, 1.54) is 6.07 Å². The molecule has 0 fully saturated rings. The number of thiophene rings is 1. The molecule has 0 radical (unpaired) electrons. The first-order valence-electron chi connectivity index (χ1n) is 5.55. The van der Waals surface area contributed by atoms with Gasteiger partial charge in [-0.15, -0.1) is 11.3 Å². The maximum atomic E-state index is 11.3. The molecule has 0 aliphatic heterocycles. The zero-order valence-corrected chi connectivity index (χ0v) is 11.5. The Balaban J connectivity index is 2.39. The van der Waals surface area contributed by atoms with Gasteiger partial charge in [-0.3, -0.25) is 4.40 Å². The van der Waals surface area contributed by atoms with Crippen molar-refractivity contribution in [3.8, 4) is 10.7 Å². The number of halogens is 1. The molecule has 0 saturated carbocycles. The number of carboxylic acids is 1. The van der Waals surface area contributed by atoms with Gasteiger partial charge in [-0.2, -0.15) is 0 Å². The molecule has 0 bridgehead atoms. The van der Waals surface area contributed by atoms with Crippen molar-refractivity contribution in [1.82, 2.24) is 9.38 Å². The largest absolute Gasteiger partial charge is 0.477 e. The third-order valence-electron chi connectivity index (χ3n) is 2.80. The first kappa shape index (κ1) is 12.2. The number of rotatable bonds is 2. The summed E-state index contributed by atoms with van der Waals surface area (Å²) in [6.07, 6.45) is 0. The number of imidazole rings is 1. The van der Waals surface area contributed by atoms with Gasteiger partial charge in [0.25, 0.3) is 0 Å². The lowest BCUT2D eigenvalue weighted by Crippen LogP contribution is -2.05. The van der Waals surface area contributed by atoms with Gasteiger partial charge in [-0.25, -0.2) is 9.78 Å². The van der Waals surface area contributed by atoms with Crippen LogP contribution in [0.25, 0.3) is 16.2 Å². The molecular formula is C13H9ClN2O2S. The molecule has 3 rings (SSSR count). The first-order valence-corrected chi connectivity index (χ1v) is 6.74. The van der Waals surface area contributed by atoms with Gasteiger partial charge in [0.2, 0.25) is 0 Å². The van der Waals surface area contributed by atoms with Crippen molar-refractivity contribution in [3.63, 3.8) is 0 Å². The van der Waals surface area contributed by atoms with Gasteiger partial charge in [0.1, 0.15) is 5.69 Å². The van der Waals surface area contributed by atoms with Gasteiger partial charge < -0.3 is 5.11 Å². The van der Waals surface area contributed by atoms with Gasteiger partial charge in [-0.05, 0) is 31.2 Å². The molecule has 0 atom stereocenters. The molecule has 0 spiro atoms. The number of aryl methyl sites for hydroxylation is 1. The lowest BCUT2D eigenvalue weighted by atomic mass is 10.3. The van der Waals surface area contributed by atoms with E-state index in [1.54, 1.807) is 27.9 Å². The monoisotopic (exact) mass is 292 g/mol. The molecule has 0 aliphatic carbocycles. The standard InChI is InChI=1S/C13H9ClN2O2S/c1-7-5-6-10(19-7)12-15-11(14)8-3-2-4-9(13(17)18)16(8)12/h2-6H,1H3,(H,17,18). The number of carbonyl (C=O) groups is 1. The van der Waals surface area contributed by atoms with Crippen molar-refractivity contribution in [2.24, 2.45) is 0 Å². The minimum atomic E-state index is -1.01. The van der Waals surface area contributed by atoms with Crippen molar-refractivity contribution >= 4 is 34.4 Å². The molecule has 3 heterocycles. The van der Waals surface area contributed by atoms with E-state index in [-0.39, 0.29) is 5.69 Å². The minimum absolute atomic E-state index is 0.151. The van der Waals surface area contributed by atoms with E-state index in [0.29, 0.717) is 16.5 Å². The summed E-state index contributed by atoms with van der Waals surface area (Å²) >= 11 is 7.65. The number of carboxylic acid groups (broad SMARTS) is 1. The zero-order chi connectivity index (χ0) is 13.6. The van der Waals surface area contributed by atoms with E-state index in [4.69, 9.17) is 11.6 Å². The highest BCUT2D eigenvalue weighted by molar-refractivity contribution is 7.15. The number of nitrogens with zero attached hydrogens (tertiary/aromatic N) is 2. The maximum Gasteiger partial charge on any atom is 0.352 e. The SMILES string of the molecule is Cc1ccc(-c2nc(Cl)c3cccc(C(=O)O)n23)s1. The normalized spacial score (nSPS) is 11.1. The molecule has 4 nitrogen and oxygen atoms in total. The predicted octanol–water partition coefficient (Wildman–Crippen LogP) is 3.72. The lowest BCUT2D eigenvalue weighted by molar-refractivity contribution is 0.0689. The second-order valence-corrected chi connectivity index (χ2v) is 5.72. The third-order valence-corrected chi connectivity index (χ3v) is 4.07. The smallest absolute Gasteiger partial charge is 0.352 e. The van der Waals surface area contributed by atoms with Crippen LogP contribution in [0.15, 0.2) is 30.3 Å². The molecule has 96 valence electrons. The van der Waals surface area contributed by atoms with Gasteiger partial charge in [-0.1, -0.05) is 17.7 Å². The van der Waals surface area contributed by atoms with Crippen molar-refractivity contribution in [1.29, 1.82) is 0 Å². The summed E-state index contributed by atoms with van der Waals surface area (Å²) in [7, 11) is 0. The fraction of sp³-hybridized carbons (Fsp3) is 0.0769. The molecule has 0 unspecified atom stereocenters. The summed E-state index contributed by atoms with van der Waals surface area (Å²) in [5.74, 6) is -0.440. The number of hydrogen-bond acceptors (Lipinski definition) is 3. The van der Waals surface area contributed by atoms with Crippen LogP contribution in [0.1, 0.15) is 15.4 Å². The van der Waals surface area contributed by atoms with Crippen molar-refractivity contribution < 1.29 is 9.90 Å². The van der Waals surface area contributed by atoms with Gasteiger partial charge >= 0.3 is 5.97 Å². The molecule has 3 aromatic heterocycles. The molecule has 0 amide bonds. The molecule has 0 aliphatic rings. The average molecular weight is 293 g/mol. The summed E-state index contributed by atoms with van der Waals surface area (Å²) < 4.78 is 1.58. The van der Waals surface area contributed by atoms with Crippen LogP contribution in [0.4, 0.5) is 0 Å². The van der Waals surface area contributed by atoms with Crippen LogP contribution in [0.5, 0.6) is 0 Å². The highest BCUT2D eigenvalue weighted by Gasteiger charge is 2.18. The van der Waals surface area contributed by atoms with E-state index in [1.807, 2.05) is 19.1 Å². The average Bonchev–Trinajstić information content (AvgIpc) is 2.94. The van der Waals surface area contributed by atoms with Gasteiger partial charge in [0, 0.05) is 4.88 Å². The van der Waals surface area contributed by atoms with Crippen LogP contribution >= 0.6 is 22.9 Å². The Morgan fingerprint density at radius 2 is 2.16 bits per heavy atom. The Hall–Kier alpha value is -1.85. The fourth-order valence-corrected chi connectivity index (χ4v) is 3.06. The highest BCUT2D eigenvalue weighted by Crippen LogP contribution is 2.31. The molecule has 0 aromatic carbocycles. The van der Waals surface area contributed by atoms with Gasteiger partial charge in [0.05, 0.1) is 10.4 Å². The second-order valence-electron chi connectivity index (χ2n) is 4.07. The minimum Gasteiger partial charge on any atom is -0.477 e. The van der Waals surface area contributed by atoms with Crippen LogP contribution < -0.4 is 0 Å². The summed E-state index contributed by atoms with van der Waals surface area (Å²) in [5.41, 5.74) is 0.751. The zero-order valence-electron chi connectivity index (χ0n) is 9.92. The summed E-state index contributed by atoms with van der Waals surface area (Å²) in [6, 6.07) is 8.85. The predicted molar refractivity (Wildman–Crippen MR) is 75.2 cm³/mol. The summed E-state index contributed by atoms with van der Waals surface area (Å²) in [6.45, 7) is 1.99.